The molecular weight excluding hydrogens is 376 g/mol. The van der Waals surface area contributed by atoms with E-state index in [0.29, 0.717) is 24.6 Å². The first kappa shape index (κ1) is 21.4. The maximum Gasteiger partial charge on any atom is 0.220 e. The first-order valence-corrected chi connectivity index (χ1v) is 10.3. The van der Waals surface area contributed by atoms with Gasteiger partial charge in [-0.1, -0.05) is 62.4 Å². The molecule has 0 unspecified atom stereocenters. The van der Waals surface area contributed by atoms with Gasteiger partial charge in [0.1, 0.15) is 12.7 Å². The highest BCUT2D eigenvalue weighted by Crippen LogP contribution is 2.12. The van der Waals surface area contributed by atoms with Crippen LogP contribution < -0.4 is 5.32 Å². The Hall–Kier alpha value is -3.28. The fourth-order valence-electron chi connectivity index (χ4n) is 3.30. The Kier molecular flexibility index (Phi) is 7.49. The quantitative estimate of drug-likeness (QED) is 0.522. The Balaban J connectivity index is 1.44. The van der Waals surface area contributed by atoms with Gasteiger partial charge in [0.2, 0.25) is 5.91 Å². The lowest BCUT2D eigenvalue weighted by atomic mass is 9.99. The average molecular weight is 405 g/mol. The molecule has 0 aliphatic rings. The van der Waals surface area contributed by atoms with Crippen LogP contribution in [0.25, 0.3) is 0 Å². The Labute approximate surface area is 177 Å². The summed E-state index contributed by atoms with van der Waals surface area (Å²) in [6.07, 6.45) is 4.57. The minimum atomic E-state index is -0.124. The van der Waals surface area contributed by atoms with E-state index >= 15 is 0 Å². The van der Waals surface area contributed by atoms with Crippen LogP contribution in [0.1, 0.15) is 53.7 Å². The summed E-state index contributed by atoms with van der Waals surface area (Å²) in [4.78, 5) is 28.5. The van der Waals surface area contributed by atoms with Gasteiger partial charge in [0.15, 0.2) is 5.78 Å². The summed E-state index contributed by atoms with van der Waals surface area (Å²) in [7, 11) is 0. The topological polar surface area (TPSA) is 76.9 Å². The van der Waals surface area contributed by atoms with Gasteiger partial charge in [0, 0.05) is 24.9 Å². The molecule has 156 valence electrons. The third kappa shape index (κ3) is 6.65. The minimum Gasteiger partial charge on any atom is -0.352 e. The molecule has 0 spiro atoms. The first-order valence-electron chi connectivity index (χ1n) is 10.3. The van der Waals surface area contributed by atoms with Crippen LogP contribution >= 0.6 is 0 Å². The maximum atomic E-state index is 12.4. The van der Waals surface area contributed by atoms with Gasteiger partial charge in [0.05, 0.1) is 6.54 Å². The molecule has 0 fully saturated rings. The molecule has 0 saturated carbocycles. The number of aromatic nitrogens is 3. The Morgan fingerprint density at radius 3 is 2.47 bits per heavy atom. The van der Waals surface area contributed by atoms with E-state index in [1.54, 1.807) is 11.0 Å². The van der Waals surface area contributed by atoms with Crippen molar-refractivity contribution < 1.29 is 9.59 Å². The zero-order valence-electron chi connectivity index (χ0n) is 17.5. The van der Waals surface area contributed by atoms with Crippen molar-refractivity contribution in [2.75, 3.05) is 0 Å². The van der Waals surface area contributed by atoms with Crippen molar-refractivity contribution in [2.45, 2.75) is 46.2 Å². The number of hydrogen-bond acceptors (Lipinski definition) is 4. The number of benzene rings is 2. The standard InChI is InChI=1S/C24H28N4O2/c1-18(2)12-19-6-8-22(9-7-19)23(29)10-11-24(30)26-14-20-4-3-5-21(13-20)15-28-17-25-16-27-28/h3-9,13,16-18H,10-12,14-15H2,1-2H3,(H,26,30). The summed E-state index contributed by atoms with van der Waals surface area (Å²) in [6, 6.07) is 15.7. The molecule has 6 heteroatoms. The lowest BCUT2D eigenvalue weighted by molar-refractivity contribution is -0.121. The number of nitrogens with zero attached hydrogens (tertiary/aromatic N) is 3. The van der Waals surface area contributed by atoms with Crippen LogP contribution in [0, 0.1) is 5.92 Å². The number of carbonyl (C=O) groups is 2. The minimum absolute atomic E-state index is 0.00363. The summed E-state index contributed by atoms with van der Waals surface area (Å²) in [5.74, 6) is 0.455. The third-order valence-corrected chi connectivity index (χ3v) is 4.79. The molecule has 0 aliphatic carbocycles. The van der Waals surface area contributed by atoms with E-state index in [1.807, 2.05) is 48.5 Å². The molecule has 0 radical (unpaired) electrons. The van der Waals surface area contributed by atoms with Gasteiger partial charge in [-0.3, -0.25) is 9.59 Å². The van der Waals surface area contributed by atoms with Crippen molar-refractivity contribution in [1.82, 2.24) is 20.1 Å². The Morgan fingerprint density at radius 2 is 1.77 bits per heavy atom. The van der Waals surface area contributed by atoms with Crippen molar-refractivity contribution in [2.24, 2.45) is 5.92 Å². The molecule has 0 aliphatic heterocycles. The lowest BCUT2D eigenvalue weighted by Crippen LogP contribution is -2.23. The second kappa shape index (κ2) is 10.5. The molecule has 1 amide bonds. The van der Waals surface area contributed by atoms with E-state index in [9.17, 15) is 9.59 Å². The van der Waals surface area contributed by atoms with Gasteiger partial charge < -0.3 is 5.32 Å². The second-order valence-electron chi connectivity index (χ2n) is 7.91. The van der Waals surface area contributed by atoms with Gasteiger partial charge in [-0.2, -0.15) is 5.10 Å². The van der Waals surface area contributed by atoms with Crippen LogP contribution in [-0.2, 0) is 24.3 Å². The predicted molar refractivity (Wildman–Crippen MR) is 116 cm³/mol. The molecule has 1 aromatic heterocycles. The van der Waals surface area contributed by atoms with Gasteiger partial charge in [-0.05, 0) is 29.0 Å². The van der Waals surface area contributed by atoms with Gasteiger partial charge in [-0.25, -0.2) is 9.67 Å². The number of ketones is 1. The van der Waals surface area contributed by atoms with E-state index < -0.39 is 0 Å². The number of amides is 1. The summed E-state index contributed by atoms with van der Waals surface area (Å²) >= 11 is 0. The third-order valence-electron chi connectivity index (χ3n) is 4.79. The van der Waals surface area contributed by atoms with E-state index in [-0.39, 0.29) is 24.5 Å². The van der Waals surface area contributed by atoms with Crippen molar-refractivity contribution >= 4 is 11.7 Å². The van der Waals surface area contributed by atoms with Gasteiger partial charge >= 0.3 is 0 Å². The summed E-state index contributed by atoms with van der Waals surface area (Å²) in [5.41, 5.74) is 3.98. The van der Waals surface area contributed by atoms with Crippen LogP contribution in [-0.4, -0.2) is 26.5 Å². The molecule has 2 aromatic carbocycles. The number of Topliss-reactive ketones (excluding diaryl/α,β-unsaturated/α-hetero) is 1. The normalized spacial score (nSPS) is 10.9. The number of hydrogen-bond donors (Lipinski definition) is 1. The highest BCUT2D eigenvalue weighted by molar-refractivity contribution is 5.97. The highest BCUT2D eigenvalue weighted by atomic mass is 16.2. The van der Waals surface area contributed by atoms with Crippen molar-refractivity contribution in [1.29, 1.82) is 0 Å². The molecular formula is C24H28N4O2. The molecule has 3 aromatic rings. The van der Waals surface area contributed by atoms with Crippen LogP contribution in [0.2, 0.25) is 0 Å². The van der Waals surface area contributed by atoms with Crippen molar-refractivity contribution in [3.05, 3.63) is 83.4 Å². The lowest BCUT2D eigenvalue weighted by Gasteiger charge is -2.08. The molecule has 6 nitrogen and oxygen atoms in total. The zero-order chi connectivity index (χ0) is 21.3. The smallest absolute Gasteiger partial charge is 0.220 e. The second-order valence-corrected chi connectivity index (χ2v) is 7.91. The largest absolute Gasteiger partial charge is 0.352 e. The summed E-state index contributed by atoms with van der Waals surface area (Å²) < 4.78 is 1.75. The highest BCUT2D eigenvalue weighted by Gasteiger charge is 2.10. The SMILES string of the molecule is CC(C)Cc1ccc(C(=O)CCC(=O)NCc2cccc(Cn3cncn3)c2)cc1. The maximum absolute atomic E-state index is 12.4. The van der Waals surface area contributed by atoms with Crippen LogP contribution in [0.15, 0.2) is 61.2 Å². The average Bonchev–Trinajstić information content (AvgIpc) is 3.24. The molecule has 1 N–H and O–H groups in total. The summed E-state index contributed by atoms with van der Waals surface area (Å²) in [6.45, 7) is 5.41. The molecule has 30 heavy (non-hydrogen) atoms. The van der Waals surface area contributed by atoms with E-state index in [2.05, 4.69) is 29.2 Å². The molecule has 3 rings (SSSR count). The number of carbonyl (C=O) groups excluding carboxylic acids is 2. The molecule has 0 saturated heterocycles. The van der Waals surface area contributed by atoms with E-state index in [0.717, 1.165) is 17.5 Å². The van der Waals surface area contributed by atoms with Crippen LogP contribution in [0.3, 0.4) is 0 Å². The number of nitrogens with one attached hydrogen (secondary N) is 1. The first-order chi connectivity index (χ1) is 14.5. The van der Waals surface area contributed by atoms with Crippen molar-refractivity contribution in [3.63, 3.8) is 0 Å². The van der Waals surface area contributed by atoms with Crippen LogP contribution in [0.4, 0.5) is 0 Å². The Morgan fingerprint density at radius 1 is 1.00 bits per heavy atom. The van der Waals surface area contributed by atoms with E-state index in [1.165, 1.54) is 11.9 Å². The van der Waals surface area contributed by atoms with E-state index in [4.69, 9.17) is 0 Å². The summed E-state index contributed by atoms with van der Waals surface area (Å²) in [5, 5.41) is 7.00. The predicted octanol–water partition coefficient (Wildman–Crippen LogP) is 3.80. The fourth-order valence-corrected chi connectivity index (χ4v) is 3.30. The molecule has 1 heterocycles. The molecule has 0 atom stereocenters. The Bertz CT molecular complexity index is 963. The van der Waals surface area contributed by atoms with Gasteiger partial charge in [-0.15, -0.1) is 0 Å². The van der Waals surface area contributed by atoms with Crippen molar-refractivity contribution in [3.8, 4) is 0 Å². The van der Waals surface area contributed by atoms with Crippen LogP contribution in [0.5, 0.6) is 0 Å². The molecule has 0 bridgehead atoms. The van der Waals surface area contributed by atoms with Gasteiger partial charge in [0.25, 0.3) is 0 Å². The monoisotopic (exact) mass is 404 g/mol. The number of rotatable bonds is 10. The fraction of sp³-hybridized carbons (Fsp3) is 0.333. The zero-order valence-corrected chi connectivity index (χ0v) is 17.5.